The Bertz CT molecular complexity index is 556. The van der Waals surface area contributed by atoms with E-state index in [-0.39, 0.29) is 18.2 Å². The van der Waals surface area contributed by atoms with Gasteiger partial charge in [0, 0.05) is 12.4 Å². The molecule has 0 atom stereocenters. The lowest BCUT2D eigenvalue weighted by atomic mass is 10.3. The third-order valence-electron chi connectivity index (χ3n) is 2.49. The zero-order chi connectivity index (χ0) is 13.7. The number of esters is 1. The maximum Gasteiger partial charge on any atom is 0.360 e. The van der Waals surface area contributed by atoms with Gasteiger partial charge in [-0.3, -0.25) is 4.98 Å². The van der Waals surface area contributed by atoms with E-state index in [0.717, 1.165) is 5.56 Å². The first kappa shape index (κ1) is 13.5. The van der Waals surface area contributed by atoms with Gasteiger partial charge in [0.15, 0.2) is 5.69 Å². The number of carbonyl (C=O) groups excluding carboxylic acids is 1. The lowest BCUT2D eigenvalue weighted by molar-refractivity contribution is 0.0518. The Balaban J connectivity index is 2.25. The number of nitrogens with zero attached hydrogens (tertiary/aromatic N) is 4. The van der Waals surface area contributed by atoms with E-state index in [2.05, 4.69) is 15.3 Å². The molecule has 2 aromatic heterocycles. The molecule has 2 aromatic rings. The Hall–Kier alpha value is -1.95. The number of carbonyl (C=O) groups is 1. The SMILES string of the molecule is CCOC(=O)c1nnn(Cc2cccnc2)c1CCl. The molecule has 0 amide bonds. The van der Waals surface area contributed by atoms with Gasteiger partial charge in [-0.25, -0.2) is 9.48 Å². The fourth-order valence-electron chi connectivity index (χ4n) is 1.61. The zero-order valence-corrected chi connectivity index (χ0v) is 11.2. The lowest BCUT2D eigenvalue weighted by Gasteiger charge is -2.05. The van der Waals surface area contributed by atoms with E-state index in [1.807, 2.05) is 12.1 Å². The molecule has 0 aliphatic carbocycles. The van der Waals surface area contributed by atoms with Gasteiger partial charge in [-0.1, -0.05) is 11.3 Å². The van der Waals surface area contributed by atoms with Crippen molar-refractivity contribution in [1.82, 2.24) is 20.0 Å². The molecular formula is C12H13ClN4O2. The molecule has 100 valence electrons. The van der Waals surface area contributed by atoms with Crippen molar-refractivity contribution in [3.8, 4) is 0 Å². The Kier molecular flexibility index (Phi) is 4.46. The predicted octanol–water partition coefficient (Wildman–Crippen LogP) is 1.64. The summed E-state index contributed by atoms with van der Waals surface area (Å²) in [6.07, 6.45) is 3.42. The van der Waals surface area contributed by atoms with E-state index in [9.17, 15) is 4.79 Å². The van der Waals surface area contributed by atoms with Crippen LogP contribution >= 0.6 is 11.6 Å². The smallest absolute Gasteiger partial charge is 0.360 e. The molecule has 2 rings (SSSR count). The monoisotopic (exact) mass is 280 g/mol. The van der Waals surface area contributed by atoms with Crippen LogP contribution in [0.25, 0.3) is 0 Å². The summed E-state index contributed by atoms with van der Waals surface area (Å²) in [4.78, 5) is 15.7. The zero-order valence-electron chi connectivity index (χ0n) is 10.4. The Labute approximate surface area is 115 Å². The average Bonchev–Trinajstić information content (AvgIpc) is 2.83. The van der Waals surface area contributed by atoms with Gasteiger partial charge in [0.1, 0.15) is 0 Å². The van der Waals surface area contributed by atoms with E-state index >= 15 is 0 Å². The van der Waals surface area contributed by atoms with Crippen LogP contribution in [0.1, 0.15) is 28.7 Å². The first-order valence-electron chi connectivity index (χ1n) is 5.80. The van der Waals surface area contributed by atoms with Crippen LogP contribution in [0.5, 0.6) is 0 Å². The van der Waals surface area contributed by atoms with Crippen LogP contribution in [0.15, 0.2) is 24.5 Å². The van der Waals surface area contributed by atoms with Crippen LogP contribution in [0, 0.1) is 0 Å². The molecule has 0 spiro atoms. The summed E-state index contributed by atoms with van der Waals surface area (Å²) in [6, 6.07) is 3.75. The van der Waals surface area contributed by atoms with Gasteiger partial charge >= 0.3 is 5.97 Å². The Morgan fingerprint density at radius 1 is 1.53 bits per heavy atom. The van der Waals surface area contributed by atoms with Gasteiger partial charge in [-0.05, 0) is 18.6 Å². The average molecular weight is 281 g/mol. The highest BCUT2D eigenvalue weighted by Gasteiger charge is 2.20. The van der Waals surface area contributed by atoms with E-state index in [0.29, 0.717) is 12.2 Å². The number of aromatic nitrogens is 4. The predicted molar refractivity (Wildman–Crippen MR) is 68.9 cm³/mol. The first-order chi connectivity index (χ1) is 9.26. The molecule has 0 saturated carbocycles. The standard InChI is InChI=1S/C12H13ClN4O2/c1-2-19-12(18)11-10(6-13)17(16-15-11)8-9-4-3-5-14-7-9/h3-5,7H,2,6,8H2,1H3. The summed E-state index contributed by atoms with van der Waals surface area (Å²) in [7, 11) is 0. The van der Waals surface area contributed by atoms with Crippen molar-refractivity contribution in [2.24, 2.45) is 0 Å². The van der Waals surface area contributed by atoms with Crippen LogP contribution in [0.3, 0.4) is 0 Å². The van der Waals surface area contributed by atoms with Crippen molar-refractivity contribution in [1.29, 1.82) is 0 Å². The van der Waals surface area contributed by atoms with Gasteiger partial charge in [-0.15, -0.1) is 16.7 Å². The van der Waals surface area contributed by atoms with Crippen LogP contribution in [0.2, 0.25) is 0 Å². The number of hydrogen-bond donors (Lipinski definition) is 0. The number of hydrogen-bond acceptors (Lipinski definition) is 5. The van der Waals surface area contributed by atoms with Gasteiger partial charge in [0.25, 0.3) is 0 Å². The Morgan fingerprint density at radius 3 is 3.00 bits per heavy atom. The van der Waals surface area contributed by atoms with Crippen molar-refractivity contribution < 1.29 is 9.53 Å². The molecule has 0 aliphatic rings. The Morgan fingerprint density at radius 2 is 2.37 bits per heavy atom. The second kappa shape index (κ2) is 6.29. The number of ether oxygens (including phenoxy) is 1. The fraction of sp³-hybridized carbons (Fsp3) is 0.333. The number of pyridine rings is 1. The largest absolute Gasteiger partial charge is 0.461 e. The summed E-state index contributed by atoms with van der Waals surface area (Å²) >= 11 is 5.86. The molecule has 0 aromatic carbocycles. The molecular weight excluding hydrogens is 268 g/mol. The van der Waals surface area contributed by atoms with E-state index in [1.54, 1.807) is 24.0 Å². The highest BCUT2D eigenvalue weighted by molar-refractivity contribution is 6.17. The molecule has 0 bridgehead atoms. The minimum absolute atomic E-state index is 0.140. The summed E-state index contributed by atoms with van der Waals surface area (Å²) in [5.41, 5.74) is 1.67. The number of halogens is 1. The van der Waals surface area contributed by atoms with Gasteiger partial charge in [0.05, 0.1) is 24.7 Å². The van der Waals surface area contributed by atoms with Crippen LogP contribution in [-0.2, 0) is 17.2 Å². The van der Waals surface area contributed by atoms with Gasteiger partial charge in [-0.2, -0.15) is 0 Å². The van der Waals surface area contributed by atoms with Crippen LogP contribution < -0.4 is 0 Å². The van der Waals surface area contributed by atoms with Crippen molar-refractivity contribution in [2.45, 2.75) is 19.3 Å². The molecule has 2 heterocycles. The molecule has 0 aliphatic heterocycles. The fourth-order valence-corrected chi connectivity index (χ4v) is 1.88. The molecule has 19 heavy (non-hydrogen) atoms. The molecule has 0 radical (unpaired) electrons. The summed E-state index contributed by atoms with van der Waals surface area (Å²) in [5.74, 6) is -0.364. The van der Waals surface area contributed by atoms with Crippen LogP contribution in [-0.4, -0.2) is 32.6 Å². The minimum Gasteiger partial charge on any atom is -0.461 e. The van der Waals surface area contributed by atoms with Crippen molar-refractivity contribution in [3.05, 3.63) is 41.5 Å². The second-order valence-corrected chi connectivity index (χ2v) is 4.03. The molecule has 0 N–H and O–H groups in total. The topological polar surface area (TPSA) is 69.9 Å². The summed E-state index contributed by atoms with van der Waals surface area (Å²) in [6.45, 7) is 2.48. The highest BCUT2D eigenvalue weighted by Crippen LogP contribution is 2.12. The minimum atomic E-state index is -0.504. The molecule has 7 heteroatoms. The normalized spacial score (nSPS) is 10.4. The van der Waals surface area contributed by atoms with Crippen molar-refractivity contribution in [2.75, 3.05) is 6.61 Å². The quantitative estimate of drug-likeness (QED) is 0.615. The van der Waals surface area contributed by atoms with E-state index < -0.39 is 5.97 Å². The summed E-state index contributed by atoms with van der Waals surface area (Å²) < 4.78 is 6.49. The molecule has 0 unspecified atom stereocenters. The maximum atomic E-state index is 11.7. The van der Waals surface area contributed by atoms with Gasteiger partial charge < -0.3 is 4.74 Å². The number of rotatable bonds is 5. The maximum absolute atomic E-state index is 11.7. The van der Waals surface area contributed by atoms with Crippen molar-refractivity contribution >= 4 is 17.6 Å². The van der Waals surface area contributed by atoms with E-state index in [1.165, 1.54) is 0 Å². The highest BCUT2D eigenvalue weighted by atomic mass is 35.5. The third-order valence-corrected chi connectivity index (χ3v) is 2.74. The molecule has 0 fully saturated rings. The number of alkyl halides is 1. The van der Waals surface area contributed by atoms with Gasteiger partial charge in [0.2, 0.25) is 0 Å². The summed E-state index contributed by atoms with van der Waals surface area (Å²) in [5, 5.41) is 7.77. The molecule has 6 nitrogen and oxygen atoms in total. The first-order valence-corrected chi connectivity index (χ1v) is 6.34. The van der Waals surface area contributed by atoms with E-state index in [4.69, 9.17) is 16.3 Å². The third kappa shape index (κ3) is 3.08. The lowest BCUT2D eigenvalue weighted by Crippen LogP contribution is -2.10. The second-order valence-electron chi connectivity index (χ2n) is 3.76. The molecule has 0 saturated heterocycles. The van der Waals surface area contributed by atoms with Crippen molar-refractivity contribution in [3.63, 3.8) is 0 Å². The van der Waals surface area contributed by atoms with Crippen LogP contribution in [0.4, 0.5) is 0 Å².